The van der Waals surface area contributed by atoms with E-state index in [1.807, 2.05) is 30.3 Å². The summed E-state index contributed by atoms with van der Waals surface area (Å²) < 4.78 is 33.3. The Hall–Kier alpha value is -2.78. The highest BCUT2D eigenvalue weighted by Gasteiger charge is 2.27. The number of rotatable bonds is 7. The topological polar surface area (TPSA) is 111 Å². The molecule has 1 atom stereocenters. The number of ether oxygens (including phenoxy) is 1. The van der Waals surface area contributed by atoms with Gasteiger partial charge in [0.05, 0.1) is 30.2 Å². The van der Waals surface area contributed by atoms with Crippen molar-refractivity contribution in [3.8, 4) is 0 Å². The minimum Gasteiger partial charge on any atom is -0.378 e. The molecule has 7 nitrogen and oxygen atoms in total. The van der Waals surface area contributed by atoms with Gasteiger partial charge >= 0.3 is 0 Å². The lowest BCUT2D eigenvalue weighted by Gasteiger charge is -2.26. The number of nitrogens with one attached hydrogen (secondary N) is 2. The van der Waals surface area contributed by atoms with Crippen molar-refractivity contribution in [1.82, 2.24) is 4.72 Å². The van der Waals surface area contributed by atoms with Crippen molar-refractivity contribution in [3.05, 3.63) is 72.3 Å². The van der Waals surface area contributed by atoms with Crippen molar-refractivity contribution in [1.29, 1.82) is 0 Å². The molecule has 3 aromatic carbocycles. The smallest absolute Gasteiger partial charge is 0.241 e. The number of carbonyl (C=O) groups excluding carboxylic acids is 1. The maximum Gasteiger partial charge on any atom is 0.241 e. The van der Waals surface area contributed by atoms with E-state index >= 15 is 0 Å². The monoisotopic (exact) mass is 425 g/mol. The molecular formula is C22H23N3O4S. The third kappa shape index (κ3) is 4.36. The highest BCUT2D eigenvalue weighted by molar-refractivity contribution is 7.89. The number of anilines is 1. The van der Waals surface area contributed by atoms with E-state index in [0.29, 0.717) is 36.1 Å². The minimum absolute atomic E-state index is 0.164. The van der Waals surface area contributed by atoms with Crippen molar-refractivity contribution >= 4 is 32.4 Å². The SMILES string of the molecule is N[C@@H](Cc1ccccc1)C(=O)Nc1cccc2c(S(=O)(=O)NC3COC3)cccc12. The number of amides is 1. The summed E-state index contributed by atoms with van der Waals surface area (Å²) in [6, 6.07) is 18.8. The van der Waals surface area contributed by atoms with Crippen LogP contribution < -0.4 is 15.8 Å². The van der Waals surface area contributed by atoms with Crippen LogP contribution in [0.4, 0.5) is 5.69 Å². The number of hydrogen-bond acceptors (Lipinski definition) is 5. The molecule has 1 aliphatic heterocycles. The van der Waals surface area contributed by atoms with Crippen molar-refractivity contribution in [2.24, 2.45) is 5.73 Å². The molecule has 4 N–H and O–H groups in total. The van der Waals surface area contributed by atoms with Crippen molar-refractivity contribution in [2.75, 3.05) is 18.5 Å². The highest BCUT2D eigenvalue weighted by atomic mass is 32.2. The second-order valence-electron chi connectivity index (χ2n) is 7.30. The summed E-state index contributed by atoms with van der Waals surface area (Å²) in [6.45, 7) is 0.731. The fourth-order valence-corrected chi connectivity index (χ4v) is 4.82. The van der Waals surface area contributed by atoms with Gasteiger partial charge in [-0.15, -0.1) is 0 Å². The van der Waals surface area contributed by atoms with Crippen molar-refractivity contribution in [2.45, 2.75) is 23.4 Å². The molecule has 156 valence electrons. The molecule has 0 aromatic heterocycles. The Kier molecular flexibility index (Phi) is 5.83. The first-order valence-corrected chi connectivity index (χ1v) is 11.1. The average Bonchev–Trinajstić information content (AvgIpc) is 2.71. The van der Waals surface area contributed by atoms with E-state index < -0.39 is 16.1 Å². The van der Waals surface area contributed by atoms with E-state index in [9.17, 15) is 13.2 Å². The summed E-state index contributed by atoms with van der Waals surface area (Å²) in [5, 5.41) is 4.01. The Bertz CT molecular complexity index is 1160. The van der Waals surface area contributed by atoms with Gasteiger partial charge in [0, 0.05) is 16.5 Å². The standard InChI is InChI=1S/C22H23N3O4S/c23-19(12-15-6-2-1-3-7-15)22(26)24-20-10-4-9-18-17(20)8-5-11-21(18)30(27,28)25-16-13-29-14-16/h1-11,16,19,25H,12-14,23H2,(H,24,26)/t19-/m0/s1. The van der Waals surface area contributed by atoms with E-state index in [0.717, 1.165) is 5.56 Å². The Balaban J connectivity index is 1.58. The quantitative estimate of drug-likeness (QED) is 0.536. The molecule has 0 saturated carbocycles. The third-order valence-electron chi connectivity index (χ3n) is 5.02. The summed E-state index contributed by atoms with van der Waals surface area (Å²) in [6.07, 6.45) is 0.407. The minimum atomic E-state index is -3.72. The molecule has 3 aromatic rings. The first-order chi connectivity index (χ1) is 14.4. The predicted octanol–water partition coefficient (Wildman–Crippen LogP) is 2.03. The van der Waals surface area contributed by atoms with Crippen LogP contribution in [0.2, 0.25) is 0 Å². The van der Waals surface area contributed by atoms with Crippen LogP contribution in [0.25, 0.3) is 10.8 Å². The van der Waals surface area contributed by atoms with E-state index in [1.165, 1.54) is 0 Å². The lowest BCUT2D eigenvalue weighted by molar-refractivity contribution is -0.117. The average molecular weight is 426 g/mol. The van der Waals surface area contributed by atoms with Crippen LogP contribution in [0.5, 0.6) is 0 Å². The molecular weight excluding hydrogens is 402 g/mol. The van der Waals surface area contributed by atoms with Crippen LogP contribution >= 0.6 is 0 Å². The van der Waals surface area contributed by atoms with E-state index in [-0.39, 0.29) is 16.8 Å². The molecule has 0 aliphatic carbocycles. The molecule has 4 rings (SSSR count). The summed E-state index contributed by atoms with van der Waals surface area (Å²) >= 11 is 0. The van der Waals surface area contributed by atoms with Crippen LogP contribution in [-0.2, 0) is 26.0 Å². The van der Waals surface area contributed by atoms with Gasteiger partial charge in [-0.25, -0.2) is 13.1 Å². The lowest BCUT2D eigenvalue weighted by Crippen LogP contribution is -2.48. The fraction of sp³-hybridized carbons (Fsp3) is 0.227. The maximum atomic E-state index is 12.8. The zero-order valence-electron chi connectivity index (χ0n) is 16.2. The molecule has 1 fully saturated rings. The van der Waals surface area contributed by atoms with Gasteiger partial charge in [-0.1, -0.05) is 54.6 Å². The van der Waals surface area contributed by atoms with Crippen molar-refractivity contribution < 1.29 is 17.9 Å². The summed E-state index contributed by atoms with van der Waals surface area (Å²) in [5.74, 6) is -0.329. The summed E-state index contributed by atoms with van der Waals surface area (Å²) in [4.78, 5) is 12.8. The number of hydrogen-bond donors (Lipinski definition) is 3. The molecule has 0 spiro atoms. The van der Waals surface area contributed by atoms with Gasteiger partial charge in [-0.05, 0) is 24.1 Å². The van der Waals surface area contributed by atoms with Gasteiger partial charge in [0.15, 0.2) is 0 Å². The number of carbonyl (C=O) groups is 1. The molecule has 1 saturated heterocycles. The Morgan fingerprint density at radius 2 is 1.70 bits per heavy atom. The van der Waals surface area contributed by atoms with Crippen LogP contribution in [0.1, 0.15) is 5.56 Å². The second kappa shape index (κ2) is 8.53. The van der Waals surface area contributed by atoms with E-state index in [4.69, 9.17) is 10.5 Å². The number of nitrogens with two attached hydrogens (primary N) is 1. The Morgan fingerprint density at radius 3 is 2.40 bits per heavy atom. The van der Waals surface area contributed by atoms with Crippen LogP contribution in [0.3, 0.4) is 0 Å². The largest absolute Gasteiger partial charge is 0.378 e. The first-order valence-electron chi connectivity index (χ1n) is 9.66. The van der Waals surface area contributed by atoms with Gasteiger partial charge in [0.2, 0.25) is 15.9 Å². The first kappa shape index (κ1) is 20.5. The summed E-state index contributed by atoms with van der Waals surface area (Å²) in [5.41, 5.74) is 7.58. The number of benzene rings is 3. The van der Waals surface area contributed by atoms with Gasteiger partial charge in [-0.3, -0.25) is 4.79 Å². The number of sulfonamides is 1. The van der Waals surface area contributed by atoms with Gasteiger partial charge in [-0.2, -0.15) is 0 Å². The fourth-order valence-electron chi connectivity index (χ4n) is 3.40. The summed E-state index contributed by atoms with van der Waals surface area (Å²) in [7, 11) is -3.72. The van der Waals surface area contributed by atoms with Gasteiger partial charge in [0.25, 0.3) is 0 Å². The lowest BCUT2D eigenvalue weighted by atomic mass is 10.1. The zero-order valence-corrected chi connectivity index (χ0v) is 17.1. The van der Waals surface area contributed by atoms with E-state index in [1.54, 1.807) is 36.4 Å². The Labute approximate surface area is 175 Å². The van der Waals surface area contributed by atoms with Gasteiger partial charge in [0.1, 0.15) is 0 Å². The van der Waals surface area contributed by atoms with Crippen LogP contribution in [0, 0.1) is 0 Å². The number of fused-ring (bicyclic) bond motifs is 1. The molecule has 0 bridgehead atoms. The zero-order chi connectivity index (χ0) is 21.1. The molecule has 30 heavy (non-hydrogen) atoms. The third-order valence-corrected chi connectivity index (χ3v) is 6.60. The normalized spacial score (nSPS) is 15.5. The predicted molar refractivity (Wildman–Crippen MR) is 116 cm³/mol. The van der Waals surface area contributed by atoms with E-state index in [2.05, 4.69) is 10.0 Å². The molecule has 8 heteroatoms. The van der Waals surface area contributed by atoms with Gasteiger partial charge < -0.3 is 15.8 Å². The molecule has 0 unspecified atom stereocenters. The molecule has 1 heterocycles. The molecule has 0 radical (unpaired) electrons. The van der Waals surface area contributed by atoms with Crippen LogP contribution in [0.15, 0.2) is 71.6 Å². The second-order valence-corrected chi connectivity index (χ2v) is 8.98. The maximum absolute atomic E-state index is 12.8. The highest BCUT2D eigenvalue weighted by Crippen LogP contribution is 2.29. The van der Waals surface area contributed by atoms with Crippen molar-refractivity contribution in [3.63, 3.8) is 0 Å². The Morgan fingerprint density at radius 1 is 1.00 bits per heavy atom. The molecule has 1 amide bonds. The van der Waals surface area contributed by atoms with Crippen LogP contribution in [-0.4, -0.2) is 39.6 Å². The molecule has 1 aliphatic rings.